The lowest BCUT2D eigenvalue weighted by atomic mass is 9.94. The summed E-state index contributed by atoms with van der Waals surface area (Å²) < 4.78 is 15.7. The summed E-state index contributed by atoms with van der Waals surface area (Å²) in [5.41, 5.74) is 3.29. The fraction of sp³-hybridized carbons (Fsp3) is 0.261. The van der Waals surface area contributed by atoms with Crippen LogP contribution in [-0.4, -0.2) is 34.5 Å². The van der Waals surface area contributed by atoms with E-state index in [0.717, 1.165) is 30.5 Å². The molecule has 0 aliphatic carbocycles. The number of carbonyl (C=O) groups excluding carboxylic acids is 1. The van der Waals surface area contributed by atoms with E-state index in [0.29, 0.717) is 22.1 Å². The maximum absolute atomic E-state index is 14.1. The summed E-state index contributed by atoms with van der Waals surface area (Å²) in [5.74, 6) is -0.497. The second-order valence-corrected chi connectivity index (χ2v) is 7.99. The van der Waals surface area contributed by atoms with Crippen LogP contribution in [0.25, 0.3) is 16.5 Å². The first-order chi connectivity index (χ1) is 13.6. The molecule has 1 aromatic heterocycles. The summed E-state index contributed by atoms with van der Waals surface area (Å²) in [6.07, 6.45) is 7.45. The van der Waals surface area contributed by atoms with E-state index in [2.05, 4.69) is 11.0 Å². The van der Waals surface area contributed by atoms with Crippen LogP contribution in [0.2, 0.25) is 5.02 Å². The smallest absolute Gasteiger partial charge is 0.263 e. The molecule has 1 saturated heterocycles. The van der Waals surface area contributed by atoms with Gasteiger partial charge in [0, 0.05) is 29.7 Å². The molecule has 3 heterocycles. The van der Waals surface area contributed by atoms with Gasteiger partial charge in [0.05, 0.1) is 16.1 Å². The number of halogens is 2. The highest BCUT2D eigenvalue weighted by Gasteiger charge is 2.29. The molecule has 28 heavy (non-hydrogen) atoms. The minimum Gasteiger partial charge on any atom is -0.296 e. The van der Waals surface area contributed by atoms with Gasteiger partial charge < -0.3 is 0 Å². The van der Waals surface area contributed by atoms with Crippen LogP contribution in [0, 0.1) is 5.82 Å². The van der Waals surface area contributed by atoms with Crippen molar-refractivity contribution in [3.05, 3.63) is 76.7 Å². The van der Waals surface area contributed by atoms with Gasteiger partial charge in [0.15, 0.2) is 0 Å². The highest BCUT2D eigenvalue weighted by Crippen LogP contribution is 2.36. The van der Waals surface area contributed by atoms with Crippen molar-refractivity contribution in [2.75, 3.05) is 13.1 Å². The van der Waals surface area contributed by atoms with Crippen molar-refractivity contribution < 1.29 is 9.18 Å². The van der Waals surface area contributed by atoms with Crippen LogP contribution in [0.4, 0.5) is 4.39 Å². The molecule has 0 N–H and O–H groups in total. The Morgan fingerprint density at radius 1 is 1.18 bits per heavy atom. The lowest BCUT2D eigenvalue weighted by molar-refractivity contribution is 0.0965. The molecule has 0 saturated carbocycles. The second kappa shape index (κ2) is 6.87. The highest BCUT2D eigenvalue weighted by molar-refractivity contribution is 6.34. The lowest BCUT2D eigenvalue weighted by Crippen LogP contribution is -2.32. The zero-order valence-corrected chi connectivity index (χ0v) is 16.1. The molecular formula is C23H20ClFN2O. The molecule has 2 aromatic carbocycles. The third-order valence-electron chi connectivity index (χ3n) is 5.96. The number of hydrogen-bond acceptors (Lipinski definition) is 2. The van der Waals surface area contributed by atoms with Crippen LogP contribution >= 0.6 is 11.6 Å². The number of hydrogen-bond donors (Lipinski definition) is 0. The largest absolute Gasteiger partial charge is 0.296 e. The molecule has 5 heteroatoms. The van der Waals surface area contributed by atoms with Crippen molar-refractivity contribution in [1.82, 2.24) is 9.47 Å². The first-order valence-corrected chi connectivity index (χ1v) is 10.0. The lowest BCUT2D eigenvalue weighted by Gasteiger charge is -2.29. The molecule has 0 spiro atoms. The van der Waals surface area contributed by atoms with Gasteiger partial charge in [-0.05, 0) is 61.7 Å². The molecule has 2 aliphatic heterocycles. The van der Waals surface area contributed by atoms with Gasteiger partial charge in [0.25, 0.3) is 5.91 Å². The van der Waals surface area contributed by atoms with Gasteiger partial charge in [0.1, 0.15) is 5.82 Å². The van der Waals surface area contributed by atoms with Crippen LogP contribution in [0.5, 0.6) is 0 Å². The Hall–Kier alpha value is -2.43. The average Bonchev–Trinajstić information content (AvgIpc) is 3.31. The van der Waals surface area contributed by atoms with Crippen molar-refractivity contribution in [2.24, 2.45) is 0 Å². The zero-order chi connectivity index (χ0) is 19.3. The minimum absolute atomic E-state index is 0.202. The van der Waals surface area contributed by atoms with E-state index in [1.807, 2.05) is 6.20 Å². The number of benzene rings is 2. The summed E-state index contributed by atoms with van der Waals surface area (Å²) in [4.78, 5) is 15.7. The molecule has 3 aromatic rings. The minimum atomic E-state index is -0.296. The Morgan fingerprint density at radius 3 is 2.89 bits per heavy atom. The second-order valence-electron chi connectivity index (χ2n) is 7.58. The van der Waals surface area contributed by atoms with E-state index < -0.39 is 0 Å². The van der Waals surface area contributed by atoms with Gasteiger partial charge in [-0.1, -0.05) is 29.8 Å². The van der Waals surface area contributed by atoms with E-state index in [1.165, 1.54) is 30.5 Å². The molecular weight excluding hydrogens is 375 g/mol. The van der Waals surface area contributed by atoms with Crippen molar-refractivity contribution >= 4 is 34.0 Å². The molecule has 0 amide bonds. The molecule has 1 atom stereocenters. The Kier molecular flexibility index (Phi) is 4.33. The topological polar surface area (TPSA) is 25.2 Å². The number of aromatic nitrogens is 1. The summed E-state index contributed by atoms with van der Waals surface area (Å²) in [5, 5.41) is 1.19. The van der Waals surface area contributed by atoms with Gasteiger partial charge in [-0.3, -0.25) is 14.3 Å². The van der Waals surface area contributed by atoms with Gasteiger partial charge in [-0.2, -0.15) is 0 Å². The highest BCUT2D eigenvalue weighted by atomic mass is 35.5. The fourth-order valence-corrected chi connectivity index (χ4v) is 4.76. The number of carbonyl (C=O) groups is 1. The Morgan fingerprint density at radius 2 is 2.04 bits per heavy atom. The molecule has 3 nitrogen and oxygen atoms in total. The SMILES string of the molecule is O=C(c1ccccc1Cl)n1cc(C2=CCN3CCC[C@@H]3C2)c2cc(F)ccc21. The van der Waals surface area contributed by atoms with Crippen LogP contribution in [0.3, 0.4) is 0 Å². The van der Waals surface area contributed by atoms with Crippen LogP contribution < -0.4 is 0 Å². The van der Waals surface area contributed by atoms with Crippen molar-refractivity contribution in [3.63, 3.8) is 0 Å². The summed E-state index contributed by atoms with van der Waals surface area (Å²) >= 11 is 6.25. The standard InChI is InChI=1S/C23H20ClFN2O/c24-21-6-2-1-5-18(21)23(28)27-14-20(19-13-16(25)7-8-22(19)27)15-9-11-26-10-3-4-17(26)12-15/h1-2,5-9,13-14,17H,3-4,10-12H2/t17-/m1/s1. The van der Waals surface area contributed by atoms with E-state index in [9.17, 15) is 9.18 Å². The normalized spacial score (nSPS) is 19.6. The molecule has 142 valence electrons. The summed E-state index contributed by atoms with van der Waals surface area (Å²) in [7, 11) is 0. The Bertz CT molecular complexity index is 1120. The first-order valence-electron chi connectivity index (χ1n) is 9.65. The monoisotopic (exact) mass is 394 g/mol. The molecule has 1 fully saturated rings. The van der Waals surface area contributed by atoms with Gasteiger partial charge in [-0.15, -0.1) is 0 Å². The van der Waals surface area contributed by atoms with E-state index in [4.69, 9.17) is 11.6 Å². The van der Waals surface area contributed by atoms with Crippen molar-refractivity contribution in [1.29, 1.82) is 0 Å². The third-order valence-corrected chi connectivity index (χ3v) is 6.29. The number of nitrogens with zero attached hydrogens (tertiary/aromatic N) is 2. The summed E-state index contributed by atoms with van der Waals surface area (Å²) in [6, 6.07) is 12.2. The molecule has 5 rings (SSSR count). The van der Waals surface area contributed by atoms with Crippen LogP contribution in [-0.2, 0) is 0 Å². The maximum Gasteiger partial charge on any atom is 0.263 e. The molecule has 0 bridgehead atoms. The maximum atomic E-state index is 14.1. The fourth-order valence-electron chi connectivity index (χ4n) is 4.54. The Balaban J connectivity index is 1.64. The molecule has 0 radical (unpaired) electrons. The Labute approximate surface area is 168 Å². The van der Waals surface area contributed by atoms with Crippen LogP contribution in [0.15, 0.2) is 54.7 Å². The van der Waals surface area contributed by atoms with Gasteiger partial charge in [-0.25, -0.2) is 4.39 Å². The molecule has 0 unspecified atom stereocenters. The van der Waals surface area contributed by atoms with Gasteiger partial charge >= 0.3 is 0 Å². The van der Waals surface area contributed by atoms with E-state index in [1.54, 1.807) is 34.9 Å². The molecule has 2 aliphatic rings. The number of fused-ring (bicyclic) bond motifs is 2. The van der Waals surface area contributed by atoms with Gasteiger partial charge in [0.2, 0.25) is 0 Å². The first kappa shape index (κ1) is 17.7. The predicted octanol–water partition coefficient (Wildman–Crippen LogP) is 5.37. The van der Waals surface area contributed by atoms with Crippen molar-refractivity contribution in [2.45, 2.75) is 25.3 Å². The zero-order valence-electron chi connectivity index (χ0n) is 15.4. The predicted molar refractivity (Wildman–Crippen MR) is 110 cm³/mol. The summed E-state index contributed by atoms with van der Waals surface area (Å²) in [6.45, 7) is 2.07. The van der Waals surface area contributed by atoms with E-state index in [-0.39, 0.29) is 11.7 Å². The van der Waals surface area contributed by atoms with Crippen molar-refractivity contribution in [3.8, 4) is 0 Å². The van der Waals surface area contributed by atoms with Crippen LogP contribution in [0.1, 0.15) is 35.2 Å². The van der Waals surface area contributed by atoms with E-state index >= 15 is 0 Å². The number of rotatable bonds is 2. The quantitative estimate of drug-likeness (QED) is 0.583. The third kappa shape index (κ3) is 2.88. The average molecular weight is 395 g/mol.